The highest BCUT2D eigenvalue weighted by Gasteiger charge is 2.19. The Labute approximate surface area is 129 Å². The van der Waals surface area contributed by atoms with Gasteiger partial charge < -0.3 is 15.0 Å². The fourth-order valence-electron chi connectivity index (χ4n) is 3.36. The van der Waals surface area contributed by atoms with Gasteiger partial charge in [0.05, 0.1) is 12.8 Å². The Bertz CT molecular complexity index is 445. The van der Waals surface area contributed by atoms with Gasteiger partial charge in [-0.3, -0.25) is 0 Å². The second-order valence-corrected chi connectivity index (χ2v) is 6.79. The van der Waals surface area contributed by atoms with Gasteiger partial charge in [0.2, 0.25) is 0 Å². The van der Waals surface area contributed by atoms with Crippen LogP contribution >= 0.6 is 0 Å². The fourth-order valence-corrected chi connectivity index (χ4v) is 3.36. The average molecular weight is 290 g/mol. The van der Waals surface area contributed by atoms with Gasteiger partial charge in [-0.15, -0.1) is 0 Å². The first-order valence-electron chi connectivity index (χ1n) is 8.14. The summed E-state index contributed by atoms with van der Waals surface area (Å²) in [7, 11) is 5.94. The third kappa shape index (κ3) is 4.92. The van der Waals surface area contributed by atoms with Gasteiger partial charge in [0.25, 0.3) is 0 Å². The number of methoxy groups -OCH3 is 1. The SMILES string of the molecule is COc1ccc(CN(C)C)cc1NCC1CCCC(C)C1. The Morgan fingerprint density at radius 1 is 1.29 bits per heavy atom. The summed E-state index contributed by atoms with van der Waals surface area (Å²) in [6.07, 6.45) is 5.49. The summed E-state index contributed by atoms with van der Waals surface area (Å²) in [6.45, 7) is 4.40. The number of nitrogens with zero attached hydrogens (tertiary/aromatic N) is 1. The van der Waals surface area contributed by atoms with Crippen molar-refractivity contribution in [2.45, 2.75) is 39.2 Å². The van der Waals surface area contributed by atoms with Crippen molar-refractivity contribution < 1.29 is 4.74 Å². The van der Waals surface area contributed by atoms with Crippen LogP contribution in [-0.4, -0.2) is 32.6 Å². The lowest BCUT2D eigenvalue weighted by Crippen LogP contribution is -2.21. The third-order valence-electron chi connectivity index (χ3n) is 4.39. The molecule has 0 aromatic heterocycles. The van der Waals surface area contributed by atoms with Crippen LogP contribution in [0.4, 0.5) is 5.69 Å². The van der Waals surface area contributed by atoms with Crippen molar-refractivity contribution in [2.24, 2.45) is 11.8 Å². The molecule has 0 amide bonds. The van der Waals surface area contributed by atoms with Crippen LogP contribution < -0.4 is 10.1 Å². The van der Waals surface area contributed by atoms with Crippen LogP contribution in [0.15, 0.2) is 18.2 Å². The van der Waals surface area contributed by atoms with E-state index >= 15 is 0 Å². The van der Waals surface area contributed by atoms with E-state index in [-0.39, 0.29) is 0 Å². The van der Waals surface area contributed by atoms with Gasteiger partial charge in [0, 0.05) is 13.1 Å². The predicted molar refractivity (Wildman–Crippen MR) is 90.0 cm³/mol. The Balaban J connectivity index is 1.99. The summed E-state index contributed by atoms with van der Waals surface area (Å²) in [4.78, 5) is 2.19. The number of anilines is 1. The number of hydrogen-bond acceptors (Lipinski definition) is 3. The number of hydrogen-bond donors (Lipinski definition) is 1. The molecule has 21 heavy (non-hydrogen) atoms. The Kier molecular flexibility index (Phi) is 5.92. The molecule has 1 N–H and O–H groups in total. The van der Waals surface area contributed by atoms with Crippen molar-refractivity contribution in [1.29, 1.82) is 0 Å². The van der Waals surface area contributed by atoms with E-state index in [1.807, 2.05) is 0 Å². The van der Waals surface area contributed by atoms with Gasteiger partial charge in [-0.2, -0.15) is 0 Å². The van der Waals surface area contributed by atoms with Crippen LogP contribution in [0.3, 0.4) is 0 Å². The highest BCUT2D eigenvalue weighted by atomic mass is 16.5. The molecular formula is C18H30N2O. The van der Waals surface area contributed by atoms with E-state index in [1.165, 1.54) is 31.2 Å². The molecule has 2 unspecified atom stereocenters. The average Bonchev–Trinajstić information content (AvgIpc) is 2.45. The van der Waals surface area contributed by atoms with Crippen molar-refractivity contribution in [3.63, 3.8) is 0 Å². The minimum absolute atomic E-state index is 0.802. The second-order valence-electron chi connectivity index (χ2n) is 6.79. The van der Waals surface area contributed by atoms with Crippen molar-refractivity contribution in [3.8, 4) is 5.75 Å². The van der Waals surface area contributed by atoms with Gasteiger partial charge in [-0.25, -0.2) is 0 Å². The van der Waals surface area contributed by atoms with Crippen LogP contribution in [0, 0.1) is 11.8 Å². The lowest BCUT2D eigenvalue weighted by atomic mass is 9.82. The van der Waals surface area contributed by atoms with Crippen molar-refractivity contribution >= 4 is 5.69 Å². The number of benzene rings is 1. The molecule has 0 bridgehead atoms. The molecule has 2 atom stereocenters. The van der Waals surface area contributed by atoms with E-state index in [0.717, 1.165) is 36.4 Å². The minimum Gasteiger partial charge on any atom is -0.495 e. The van der Waals surface area contributed by atoms with E-state index in [1.54, 1.807) is 7.11 Å². The standard InChI is InChI=1S/C18H30N2O/c1-14-6-5-7-15(10-14)12-19-17-11-16(13-20(2)3)8-9-18(17)21-4/h8-9,11,14-15,19H,5-7,10,12-13H2,1-4H3. The van der Waals surface area contributed by atoms with E-state index in [0.29, 0.717) is 0 Å². The molecule has 0 aliphatic heterocycles. The summed E-state index contributed by atoms with van der Waals surface area (Å²) in [5.41, 5.74) is 2.45. The van der Waals surface area contributed by atoms with Gasteiger partial charge in [-0.05, 0) is 56.5 Å². The summed E-state index contributed by atoms with van der Waals surface area (Å²) in [5.74, 6) is 2.63. The molecular weight excluding hydrogens is 260 g/mol. The van der Waals surface area contributed by atoms with Crippen LogP contribution in [0.1, 0.15) is 38.2 Å². The number of ether oxygens (including phenoxy) is 1. The molecule has 1 fully saturated rings. The van der Waals surface area contributed by atoms with Crippen molar-refractivity contribution in [3.05, 3.63) is 23.8 Å². The summed E-state index contributed by atoms with van der Waals surface area (Å²) >= 11 is 0. The lowest BCUT2D eigenvalue weighted by molar-refractivity contribution is 0.293. The maximum absolute atomic E-state index is 5.49. The van der Waals surface area contributed by atoms with E-state index in [2.05, 4.69) is 49.4 Å². The lowest BCUT2D eigenvalue weighted by Gasteiger charge is -2.27. The number of rotatable bonds is 6. The zero-order chi connectivity index (χ0) is 15.2. The highest BCUT2D eigenvalue weighted by molar-refractivity contribution is 5.58. The van der Waals surface area contributed by atoms with Crippen molar-refractivity contribution in [1.82, 2.24) is 4.90 Å². The zero-order valence-electron chi connectivity index (χ0n) is 14.0. The quantitative estimate of drug-likeness (QED) is 0.857. The molecule has 1 aliphatic rings. The monoisotopic (exact) mass is 290 g/mol. The van der Waals surface area contributed by atoms with E-state index in [4.69, 9.17) is 4.74 Å². The molecule has 1 aromatic rings. The molecule has 3 heteroatoms. The number of nitrogens with one attached hydrogen (secondary N) is 1. The van der Waals surface area contributed by atoms with Crippen LogP contribution in [0.2, 0.25) is 0 Å². The normalized spacial score (nSPS) is 22.3. The molecule has 0 heterocycles. The highest BCUT2D eigenvalue weighted by Crippen LogP contribution is 2.31. The molecule has 2 rings (SSSR count). The van der Waals surface area contributed by atoms with Crippen LogP contribution in [-0.2, 0) is 6.54 Å². The molecule has 118 valence electrons. The summed E-state index contributed by atoms with van der Waals surface area (Å²) < 4.78 is 5.49. The topological polar surface area (TPSA) is 24.5 Å². The summed E-state index contributed by atoms with van der Waals surface area (Å²) in [5, 5.41) is 3.62. The van der Waals surface area contributed by atoms with Gasteiger partial charge in [0.1, 0.15) is 5.75 Å². The fraction of sp³-hybridized carbons (Fsp3) is 0.667. The summed E-state index contributed by atoms with van der Waals surface area (Å²) in [6, 6.07) is 6.45. The maximum atomic E-state index is 5.49. The predicted octanol–water partition coefficient (Wildman–Crippen LogP) is 4.00. The molecule has 1 aliphatic carbocycles. The smallest absolute Gasteiger partial charge is 0.141 e. The maximum Gasteiger partial charge on any atom is 0.141 e. The van der Waals surface area contributed by atoms with Crippen LogP contribution in [0.25, 0.3) is 0 Å². The van der Waals surface area contributed by atoms with Crippen molar-refractivity contribution in [2.75, 3.05) is 33.1 Å². The first kappa shape index (κ1) is 16.2. The second kappa shape index (κ2) is 7.69. The molecule has 1 saturated carbocycles. The third-order valence-corrected chi connectivity index (χ3v) is 4.39. The minimum atomic E-state index is 0.802. The molecule has 3 nitrogen and oxygen atoms in total. The molecule has 1 aromatic carbocycles. The Morgan fingerprint density at radius 2 is 2.10 bits per heavy atom. The first-order valence-corrected chi connectivity index (χ1v) is 8.14. The molecule has 0 saturated heterocycles. The molecule has 0 spiro atoms. The van der Waals surface area contributed by atoms with Gasteiger partial charge in [0.15, 0.2) is 0 Å². The zero-order valence-corrected chi connectivity index (χ0v) is 14.0. The van der Waals surface area contributed by atoms with Gasteiger partial charge >= 0.3 is 0 Å². The van der Waals surface area contributed by atoms with Gasteiger partial charge in [-0.1, -0.05) is 25.8 Å². The molecule has 0 radical (unpaired) electrons. The van der Waals surface area contributed by atoms with E-state index < -0.39 is 0 Å². The first-order chi connectivity index (χ1) is 10.1. The van der Waals surface area contributed by atoms with Crippen LogP contribution in [0.5, 0.6) is 5.75 Å². The largest absolute Gasteiger partial charge is 0.495 e. The van der Waals surface area contributed by atoms with E-state index in [9.17, 15) is 0 Å². The Morgan fingerprint density at radius 3 is 2.76 bits per heavy atom. The Hall–Kier alpha value is -1.22.